The van der Waals surface area contributed by atoms with Crippen LogP contribution in [0.3, 0.4) is 0 Å². The number of carbonyl (C=O) groups is 2. The SMILES string of the molecule is CNC(=O)c1ccc(NC(=O)NCC(c2ccccc2Cl)N(C)C)c(C)c1. The molecule has 1 unspecified atom stereocenters. The second kappa shape index (κ2) is 9.39. The number of rotatable bonds is 6. The largest absolute Gasteiger partial charge is 0.355 e. The molecule has 144 valence electrons. The summed E-state index contributed by atoms with van der Waals surface area (Å²) >= 11 is 6.29. The van der Waals surface area contributed by atoms with E-state index in [4.69, 9.17) is 11.6 Å². The highest BCUT2D eigenvalue weighted by Gasteiger charge is 2.18. The molecule has 2 aromatic carbocycles. The highest BCUT2D eigenvalue weighted by molar-refractivity contribution is 6.31. The third-order valence-electron chi connectivity index (χ3n) is 4.31. The van der Waals surface area contributed by atoms with Crippen molar-refractivity contribution < 1.29 is 9.59 Å². The van der Waals surface area contributed by atoms with Crippen molar-refractivity contribution in [1.29, 1.82) is 0 Å². The number of amides is 3. The molecule has 0 aliphatic heterocycles. The highest BCUT2D eigenvalue weighted by atomic mass is 35.5. The number of urea groups is 1. The number of hydrogen-bond donors (Lipinski definition) is 3. The van der Waals surface area contributed by atoms with Crippen LogP contribution in [0.1, 0.15) is 27.5 Å². The number of nitrogens with one attached hydrogen (secondary N) is 3. The van der Waals surface area contributed by atoms with Crippen LogP contribution in [0, 0.1) is 6.92 Å². The van der Waals surface area contributed by atoms with E-state index < -0.39 is 0 Å². The summed E-state index contributed by atoms with van der Waals surface area (Å²) in [7, 11) is 5.46. The number of likely N-dealkylation sites (N-methyl/N-ethyl adjacent to an activating group) is 1. The normalized spacial score (nSPS) is 11.8. The van der Waals surface area contributed by atoms with Crippen LogP contribution in [0.4, 0.5) is 10.5 Å². The van der Waals surface area contributed by atoms with Gasteiger partial charge in [-0.1, -0.05) is 29.8 Å². The zero-order valence-corrected chi connectivity index (χ0v) is 16.7. The van der Waals surface area contributed by atoms with Gasteiger partial charge in [0.1, 0.15) is 0 Å². The van der Waals surface area contributed by atoms with E-state index in [1.54, 1.807) is 25.2 Å². The maximum atomic E-state index is 12.3. The summed E-state index contributed by atoms with van der Waals surface area (Å²) in [5.41, 5.74) is 2.96. The van der Waals surface area contributed by atoms with Crippen LogP contribution in [-0.4, -0.2) is 44.5 Å². The first kappa shape index (κ1) is 20.7. The molecule has 0 aromatic heterocycles. The van der Waals surface area contributed by atoms with E-state index in [1.165, 1.54) is 0 Å². The van der Waals surface area contributed by atoms with Crippen LogP contribution in [0.15, 0.2) is 42.5 Å². The maximum absolute atomic E-state index is 12.3. The Morgan fingerprint density at radius 2 is 1.85 bits per heavy atom. The fourth-order valence-corrected chi connectivity index (χ4v) is 3.02. The summed E-state index contributed by atoms with van der Waals surface area (Å²) in [5, 5.41) is 8.95. The van der Waals surface area contributed by atoms with Gasteiger partial charge in [0.05, 0.1) is 6.04 Å². The lowest BCUT2D eigenvalue weighted by Gasteiger charge is -2.26. The van der Waals surface area contributed by atoms with Crippen molar-refractivity contribution in [2.24, 2.45) is 0 Å². The van der Waals surface area contributed by atoms with Gasteiger partial charge in [-0.3, -0.25) is 4.79 Å². The first-order valence-electron chi connectivity index (χ1n) is 8.62. The Morgan fingerprint density at radius 3 is 2.44 bits per heavy atom. The molecule has 6 nitrogen and oxygen atoms in total. The topological polar surface area (TPSA) is 73.5 Å². The summed E-state index contributed by atoms with van der Waals surface area (Å²) in [6.45, 7) is 2.24. The molecule has 27 heavy (non-hydrogen) atoms. The number of carbonyl (C=O) groups excluding carboxylic acids is 2. The average molecular weight is 389 g/mol. The predicted octanol–water partition coefficient (Wildman–Crippen LogP) is 3.43. The zero-order valence-electron chi connectivity index (χ0n) is 16.0. The van der Waals surface area contributed by atoms with E-state index in [2.05, 4.69) is 16.0 Å². The Balaban J connectivity index is 2.03. The number of halogens is 1. The number of aryl methyl sites for hydroxylation is 1. The van der Waals surface area contributed by atoms with Gasteiger partial charge < -0.3 is 20.9 Å². The Hall–Kier alpha value is -2.57. The van der Waals surface area contributed by atoms with Crippen molar-refractivity contribution in [2.75, 3.05) is 33.0 Å². The van der Waals surface area contributed by atoms with Gasteiger partial charge >= 0.3 is 6.03 Å². The minimum Gasteiger partial charge on any atom is -0.355 e. The Bertz CT molecular complexity index is 823. The maximum Gasteiger partial charge on any atom is 0.319 e. The summed E-state index contributed by atoms with van der Waals surface area (Å²) < 4.78 is 0. The lowest BCUT2D eigenvalue weighted by atomic mass is 10.1. The molecule has 3 N–H and O–H groups in total. The van der Waals surface area contributed by atoms with Gasteiger partial charge in [0, 0.05) is 29.9 Å². The quantitative estimate of drug-likeness (QED) is 0.709. The molecular formula is C20H25ClN4O2. The van der Waals surface area contributed by atoms with Crippen molar-refractivity contribution in [2.45, 2.75) is 13.0 Å². The smallest absolute Gasteiger partial charge is 0.319 e. The van der Waals surface area contributed by atoms with Crippen LogP contribution in [-0.2, 0) is 0 Å². The number of benzene rings is 2. The minimum atomic E-state index is -0.315. The summed E-state index contributed by atoms with van der Waals surface area (Å²) in [6, 6.07) is 12.4. The minimum absolute atomic E-state index is 0.0545. The van der Waals surface area contributed by atoms with Crippen LogP contribution < -0.4 is 16.0 Å². The van der Waals surface area contributed by atoms with Crippen LogP contribution in [0.5, 0.6) is 0 Å². The molecule has 3 amide bonds. The molecule has 7 heteroatoms. The third-order valence-corrected chi connectivity index (χ3v) is 4.65. The molecule has 0 aliphatic carbocycles. The molecule has 0 fully saturated rings. The van der Waals surface area contributed by atoms with Gasteiger partial charge in [-0.15, -0.1) is 0 Å². The average Bonchev–Trinajstić information content (AvgIpc) is 2.64. The van der Waals surface area contributed by atoms with E-state index in [-0.39, 0.29) is 18.0 Å². The number of hydrogen-bond acceptors (Lipinski definition) is 3. The second-order valence-corrected chi connectivity index (χ2v) is 6.85. The summed E-state index contributed by atoms with van der Waals surface area (Å²) in [4.78, 5) is 26.0. The van der Waals surface area contributed by atoms with Crippen molar-refractivity contribution in [3.63, 3.8) is 0 Å². The number of anilines is 1. The van der Waals surface area contributed by atoms with Crippen molar-refractivity contribution in [1.82, 2.24) is 15.5 Å². The van der Waals surface area contributed by atoms with E-state index >= 15 is 0 Å². The van der Waals surface area contributed by atoms with Crippen molar-refractivity contribution in [3.8, 4) is 0 Å². The van der Waals surface area contributed by atoms with Crippen LogP contribution >= 0.6 is 11.6 Å². The van der Waals surface area contributed by atoms with Crippen LogP contribution in [0.25, 0.3) is 0 Å². The van der Waals surface area contributed by atoms with E-state index in [9.17, 15) is 9.59 Å². The first-order chi connectivity index (χ1) is 12.8. The molecule has 0 bridgehead atoms. The molecule has 0 saturated carbocycles. The van der Waals surface area contributed by atoms with Gasteiger partial charge in [0.15, 0.2) is 0 Å². The van der Waals surface area contributed by atoms with Crippen molar-refractivity contribution >= 4 is 29.2 Å². The van der Waals surface area contributed by atoms with Gasteiger partial charge in [0.25, 0.3) is 5.91 Å². The predicted molar refractivity (Wildman–Crippen MR) is 109 cm³/mol. The van der Waals surface area contributed by atoms with E-state index in [0.29, 0.717) is 22.8 Å². The van der Waals surface area contributed by atoms with E-state index in [0.717, 1.165) is 11.1 Å². The molecule has 0 aliphatic rings. The van der Waals surface area contributed by atoms with E-state index in [1.807, 2.05) is 50.2 Å². The molecular weight excluding hydrogens is 364 g/mol. The highest BCUT2D eigenvalue weighted by Crippen LogP contribution is 2.25. The molecule has 0 radical (unpaired) electrons. The molecule has 0 saturated heterocycles. The summed E-state index contributed by atoms with van der Waals surface area (Å²) in [5.74, 6) is -0.164. The Labute approximate surface area is 164 Å². The van der Waals surface area contributed by atoms with Gasteiger partial charge in [-0.25, -0.2) is 4.79 Å². The molecule has 2 aromatic rings. The Kier molecular flexibility index (Phi) is 7.21. The van der Waals surface area contributed by atoms with Gasteiger partial charge in [-0.05, 0) is 56.4 Å². The molecule has 0 spiro atoms. The standard InChI is InChI=1S/C20H25ClN4O2/c1-13-11-14(19(26)22-2)9-10-17(13)24-20(27)23-12-18(25(3)4)15-7-5-6-8-16(15)21/h5-11,18H,12H2,1-4H3,(H,22,26)(H2,23,24,27). The second-order valence-electron chi connectivity index (χ2n) is 6.44. The zero-order chi connectivity index (χ0) is 20.0. The molecule has 1 atom stereocenters. The monoisotopic (exact) mass is 388 g/mol. The summed E-state index contributed by atoms with van der Waals surface area (Å²) in [6.07, 6.45) is 0. The molecule has 2 rings (SSSR count). The lowest BCUT2D eigenvalue weighted by Crippen LogP contribution is -2.37. The first-order valence-corrected chi connectivity index (χ1v) is 8.99. The number of nitrogens with zero attached hydrogens (tertiary/aromatic N) is 1. The Morgan fingerprint density at radius 1 is 1.15 bits per heavy atom. The van der Waals surface area contributed by atoms with Crippen LogP contribution in [0.2, 0.25) is 5.02 Å². The van der Waals surface area contributed by atoms with Crippen molar-refractivity contribution in [3.05, 3.63) is 64.2 Å². The third kappa shape index (κ3) is 5.45. The fraction of sp³-hybridized carbons (Fsp3) is 0.300. The lowest BCUT2D eigenvalue weighted by molar-refractivity contribution is 0.0963. The van der Waals surface area contributed by atoms with Gasteiger partial charge in [0.2, 0.25) is 0 Å². The van der Waals surface area contributed by atoms with Gasteiger partial charge in [-0.2, -0.15) is 0 Å². The molecule has 0 heterocycles. The fourth-order valence-electron chi connectivity index (χ4n) is 2.76.